The molecule has 15 nitrogen and oxygen atoms in total. The summed E-state index contributed by atoms with van der Waals surface area (Å²) < 4.78 is 20.4. The predicted molar refractivity (Wildman–Crippen MR) is 145 cm³/mol. The number of nitrogens with one attached hydrogen (secondary N) is 3. The summed E-state index contributed by atoms with van der Waals surface area (Å²) in [6.07, 6.45) is -0.920. The standard InChI is InChI=1S/C26H33N5O10/c1-18(29-24(33)16-28-23(32)10-12-38-14-15-39-13-11-27)25(34)30-20-4-2-19(3-5-20)17-40-26(35)41-22-8-6-21(7-9-22)31(36)37/h2-9,18H,10-17,27H2,1H3,(H,28,32)(H,29,33)(H,30,34)/t18-/m0/s1. The zero-order valence-electron chi connectivity index (χ0n) is 22.5. The lowest BCUT2D eigenvalue weighted by Crippen LogP contribution is -2.46. The first-order chi connectivity index (χ1) is 19.7. The van der Waals surface area contributed by atoms with Gasteiger partial charge in [-0.3, -0.25) is 24.5 Å². The Labute approximate surface area is 235 Å². The van der Waals surface area contributed by atoms with Crippen LogP contribution in [0.1, 0.15) is 18.9 Å². The molecule has 2 aromatic rings. The SMILES string of the molecule is C[C@H](NC(=O)CNC(=O)CCOCCOCCN)C(=O)Nc1ccc(COC(=O)Oc2ccc([N+](=O)[O-])cc2)cc1. The summed E-state index contributed by atoms with van der Waals surface area (Å²) in [6, 6.07) is 10.5. The average molecular weight is 576 g/mol. The number of hydrogen-bond acceptors (Lipinski definition) is 11. The second-order valence-electron chi connectivity index (χ2n) is 8.41. The van der Waals surface area contributed by atoms with Crippen LogP contribution in [0, 0.1) is 10.1 Å². The van der Waals surface area contributed by atoms with E-state index in [9.17, 15) is 29.3 Å². The van der Waals surface area contributed by atoms with Gasteiger partial charge in [0.15, 0.2) is 0 Å². The minimum Gasteiger partial charge on any atom is -0.429 e. The molecule has 15 heteroatoms. The maximum Gasteiger partial charge on any atom is 0.514 e. The number of nitro benzene ring substituents is 1. The van der Waals surface area contributed by atoms with Crippen LogP contribution in [0.3, 0.4) is 0 Å². The Morgan fingerprint density at radius 3 is 2.22 bits per heavy atom. The van der Waals surface area contributed by atoms with Crippen LogP contribution in [0.5, 0.6) is 5.75 Å². The second-order valence-corrected chi connectivity index (χ2v) is 8.41. The van der Waals surface area contributed by atoms with Crippen molar-refractivity contribution in [2.45, 2.75) is 26.0 Å². The molecule has 3 amide bonds. The molecule has 2 rings (SSSR count). The number of anilines is 1. The number of hydrogen-bond donors (Lipinski definition) is 4. The molecule has 0 aliphatic heterocycles. The normalized spacial score (nSPS) is 11.2. The van der Waals surface area contributed by atoms with Gasteiger partial charge in [-0.15, -0.1) is 0 Å². The third-order valence-electron chi connectivity index (χ3n) is 5.15. The van der Waals surface area contributed by atoms with Gasteiger partial charge in [-0.05, 0) is 36.8 Å². The first-order valence-electron chi connectivity index (χ1n) is 12.6. The van der Waals surface area contributed by atoms with E-state index in [1.165, 1.54) is 31.2 Å². The van der Waals surface area contributed by atoms with Crippen molar-refractivity contribution >= 4 is 35.3 Å². The lowest BCUT2D eigenvalue weighted by atomic mass is 10.2. The lowest BCUT2D eigenvalue weighted by molar-refractivity contribution is -0.384. The van der Waals surface area contributed by atoms with Crippen molar-refractivity contribution in [1.29, 1.82) is 0 Å². The molecule has 0 heterocycles. The highest BCUT2D eigenvalue weighted by Crippen LogP contribution is 2.18. The molecular formula is C26H33N5O10. The lowest BCUT2D eigenvalue weighted by Gasteiger charge is -2.15. The van der Waals surface area contributed by atoms with Gasteiger partial charge >= 0.3 is 6.16 Å². The van der Waals surface area contributed by atoms with Crippen molar-refractivity contribution in [3.8, 4) is 5.75 Å². The number of nitrogens with two attached hydrogens (primary N) is 1. The van der Waals surface area contributed by atoms with Crippen LogP contribution in [0.4, 0.5) is 16.2 Å². The molecule has 222 valence electrons. The molecule has 0 aromatic heterocycles. The number of carbonyl (C=O) groups is 4. The first-order valence-corrected chi connectivity index (χ1v) is 12.6. The van der Waals surface area contributed by atoms with E-state index in [0.717, 1.165) is 0 Å². The number of rotatable bonds is 17. The number of nitro groups is 1. The Kier molecular flexibility index (Phi) is 14.2. The number of amides is 3. The monoisotopic (exact) mass is 575 g/mol. The number of carbonyl (C=O) groups excluding carboxylic acids is 4. The number of benzene rings is 2. The molecule has 0 saturated carbocycles. The van der Waals surface area contributed by atoms with Crippen molar-refractivity contribution < 1.29 is 43.0 Å². The van der Waals surface area contributed by atoms with Gasteiger partial charge < -0.3 is 40.6 Å². The van der Waals surface area contributed by atoms with Crippen molar-refractivity contribution in [3.05, 3.63) is 64.2 Å². The molecule has 0 radical (unpaired) electrons. The highest BCUT2D eigenvalue weighted by molar-refractivity contribution is 5.97. The topological polar surface area (TPSA) is 210 Å². The predicted octanol–water partition coefficient (Wildman–Crippen LogP) is 1.25. The minimum atomic E-state index is -0.991. The molecule has 0 aliphatic carbocycles. The van der Waals surface area contributed by atoms with Gasteiger partial charge in [0.1, 0.15) is 18.4 Å². The maximum atomic E-state index is 12.4. The van der Waals surface area contributed by atoms with Crippen LogP contribution in [0.2, 0.25) is 0 Å². The van der Waals surface area contributed by atoms with Crippen LogP contribution in [-0.2, 0) is 35.2 Å². The highest BCUT2D eigenvalue weighted by Gasteiger charge is 2.16. The molecule has 0 bridgehead atoms. The van der Waals surface area contributed by atoms with Crippen LogP contribution in [-0.4, -0.2) is 74.4 Å². The summed E-state index contributed by atoms with van der Waals surface area (Å²) in [4.78, 5) is 58.3. The van der Waals surface area contributed by atoms with Crippen LogP contribution < -0.4 is 26.4 Å². The Hall–Kier alpha value is -4.60. The summed E-state index contributed by atoms with van der Waals surface area (Å²) in [5.74, 6) is -1.30. The number of ether oxygens (including phenoxy) is 4. The molecule has 2 aromatic carbocycles. The zero-order valence-corrected chi connectivity index (χ0v) is 22.5. The molecule has 0 unspecified atom stereocenters. The Morgan fingerprint density at radius 2 is 1.59 bits per heavy atom. The van der Waals surface area contributed by atoms with Gasteiger partial charge in [-0.25, -0.2) is 4.79 Å². The Morgan fingerprint density at radius 1 is 0.927 bits per heavy atom. The minimum absolute atomic E-state index is 0.0716. The van der Waals surface area contributed by atoms with Crippen molar-refractivity contribution in [1.82, 2.24) is 10.6 Å². The molecule has 1 atom stereocenters. The van der Waals surface area contributed by atoms with E-state index in [2.05, 4.69) is 16.0 Å². The summed E-state index contributed by atoms with van der Waals surface area (Å²) in [7, 11) is 0. The number of non-ortho nitro benzene ring substituents is 1. The third kappa shape index (κ3) is 13.3. The highest BCUT2D eigenvalue weighted by atomic mass is 16.7. The van der Waals surface area contributed by atoms with Crippen LogP contribution in [0.25, 0.3) is 0 Å². The Balaban J connectivity index is 1.64. The molecule has 5 N–H and O–H groups in total. The van der Waals surface area contributed by atoms with E-state index in [1.807, 2.05) is 0 Å². The van der Waals surface area contributed by atoms with Gasteiger partial charge in [0.25, 0.3) is 5.69 Å². The zero-order chi connectivity index (χ0) is 30.0. The fraction of sp³-hybridized carbons (Fsp3) is 0.385. The van der Waals surface area contributed by atoms with Gasteiger partial charge in [0.2, 0.25) is 17.7 Å². The molecule has 0 saturated heterocycles. The van der Waals surface area contributed by atoms with Gasteiger partial charge in [-0.1, -0.05) is 12.1 Å². The maximum absolute atomic E-state index is 12.4. The summed E-state index contributed by atoms with van der Waals surface area (Å²) in [5.41, 5.74) is 6.20. The summed E-state index contributed by atoms with van der Waals surface area (Å²) in [5, 5.41) is 18.3. The third-order valence-corrected chi connectivity index (χ3v) is 5.15. The quantitative estimate of drug-likeness (QED) is 0.0693. The Bertz CT molecular complexity index is 1160. The molecule has 0 spiro atoms. The van der Waals surface area contributed by atoms with Crippen molar-refractivity contribution in [3.63, 3.8) is 0 Å². The molecule has 0 fully saturated rings. The van der Waals surface area contributed by atoms with E-state index >= 15 is 0 Å². The molecular weight excluding hydrogens is 542 g/mol. The van der Waals surface area contributed by atoms with E-state index in [-0.39, 0.29) is 43.5 Å². The molecule has 41 heavy (non-hydrogen) atoms. The van der Waals surface area contributed by atoms with E-state index in [0.29, 0.717) is 37.6 Å². The number of nitrogens with zero attached hydrogens (tertiary/aromatic N) is 1. The summed E-state index contributed by atoms with van der Waals surface area (Å²) in [6.45, 7) is 2.83. The van der Waals surface area contributed by atoms with E-state index < -0.39 is 28.9 Å². The van der Waals surface area contributed by atoms with Crippen molar-refractivity contribution in [2.75, 3.05) is 44.8 Å². The largest absolute Gasteiger partial charge is 0.514 e. The summed E-state index contributed by atoms with van der Waals surface area (Å²) >= 11 is 0. The van der Waals surface area contributed by atoms with Crippen molar-refractivity contribution in [2.24, 2.45) is 5.73 Å². The van der Waals surface area contributed by atoms with Gasteiger partial charge in [0.05, 0.1) is 37.9 Å². The second kappa shape index (κ2) is 17.9. The van der Waals surface area contributed by atoms with E-state index in [4.69, 9.17) is 24.7 Å². The van der Waals surface area contributed by atoms with Crippen LogP contribution in [0.15, 0.2) is 48.5 Å². The van der Waals surface area contributed by atoms with Gasteiger partial charge in [-0.2, -0.15) is 0 Å². The average Bonchev–Trinajstić information content (AvgIpc) is 2.95. The molecule has 0 aliphatic rings. The van der Waals surface area contributed by atoms with E-state index in [1.54, 1.807) is 24.3 Å². The fourth-order valence-electron chi connectivity index (χ4n) is 3.03. The van der Waals surface area contributed by atoms with Gasteiger partial charge in [0, 0.05) is 30.8 Å². The smallest absolute Gasteiger partial charge is 0.429 e. The first kappa shape index (κ1) is 32.6. The van der Waals surface area contributed by atoms with Crippen LogP contribution >= 0.6 is 0 Å². The fourth-order valence-corrected chi connectivity index (χ4v) is 3.03.